The molecule has 11 heavy (non-hydrogen) atoms. The van der Waals surface area contributed by atoms with E-state index in [4.69, 9.17) is 16.7 Å². The first-order valence-electron chi connectivity index (χ1n) is 3.61. The SMILES string of the molecule is C[C@H](O)Cc1ccccc1Cl. The van der Waals surface area contributed by atoms with E-state index in [0.29, 0.717) is 6.42 Å². The fourth-order valence-corrected chi connectivity index (χ4v) is 1.20. The van der Waals surface area contributed by atoms with Crippen molar-refractivity contribution in [3.8, 4) is 0 Å². The lowest BCUT2D eigenvalue weighted by molar-refractivity contribution is 0.195. The van der Waals surface area contributed by atoms with E-state index < -0.39 is 0 Å². The summed E-state index contributed by atoms with van der Waals surface area (Å²) in [5.41, 5.74) is 1.00. The molecule has 0 fully saturated rings. The summed E-state index contributed by atoms with van der Waals surface area (Å²) in [6.07, 6.45) is 0.301. The molecule has 0 amide bonds. The van der Waals surface area contributed by atoms with Gasteiger partial charge in [0, 0.05) is 5.02 Å². The van der Waals surface area contributed by atoms with Gasteiger partial charge in [0.15, 0.2) is 0 Å². The summed E-state index contributed by atoms with van der Waals surface area (Å²) in [5, 5.41) is 9.80. The number of hydrogen-bond donors (Lipinski definition) is 1. The molecule has 0 heterocycles. The zero-order chi connectivity index (χ0) is 8.27. The number of aliphatic hydroxyl groups excluding tert-OH is 1. The van der Waals surface area contributed by atoms with Gasteiger partial charge in [-0.15, -0.1) is 0 Å². The monoisotopic (exact) mass is 170 g/mol. The van der Waals surface area contributed by atoms with Crippen LogP contribution in [0.3, 0.4) is 0 Å². The van der Waals surface area contributed by atoms with Gasteiger partial charge in [-0.3, -0.25) is 0 Å². The van der Waals surface area contributed by atoms with E-state index in [-0.39, 0.29) is 6.10 Å². The highest BCUT2D eigenvalue weighted by atomic mass is 35.5. The maximum absolute atomic E-state index is 9.07. The number of halogens is 1. The first kappa shape index (κ1) is 8.57. The van der Waals surface area contributed by atoms with Crippen molar-refractivity contribution < 1.29 is 5.11 Å². The molecule has 0 radical (unpaired) electrons. The molecule has 0 aliphatic carbocycles. The molecule has 1 atom stereocenters. The van der Waals surface area contributed by atoms with Gasteiger partial charge in [-0.1, -0.05) is 29.8 Å². The first-order chi connectivity index (χ1) is 5.20. The summed E-state index contributed by atoms with van der Waals surface area (Å²) < 4.78 is 0. The van der Waals surface area contributed by atoms with Crippen LogP contribution in [0.1, 0.15) is 12.5 Å². The molecule has 1 nitrogen and oxygen atoms in total. The summed E-state index contributed by atoms with van der Waals surface area (Å²) in [7, 11) is 0. The summed E-state index contributed by atoms with van der Waals surface area (Å²) in [6.45, 7) is 1.75. The second kappa shape index (κ2) is 3.74. The molecule has 0 saturated heterocycles. The molecular weight excluding hydrogens is 160 g/mol. The highest BCUT2D eigenvalue weighted by molar-refractivity contribution is 6.31. The lowest BCUT2D eigenvalue weighted by Crippen LogP contribution is -2.04. The van der Waals surface area contributed by atoms with Crippen molar-refractivity contribution in [2.24, 2.45) is 0 Å². The standard InChI is InChI=1S/C9H11ClO/c1-7(11)6-8-4-2-3-5-9(8)10/h2-5,7,11H,6H2,1H3/t7-/m0/s1. The molecule has 1 N–H and O–H groups in total. The quantitative estimate of drug-likeness (QED) is 0.722. The van der Waals surface area contributed by atoms with Gasteiger partial charge in [0.05, 0.1) is 6.10 Å². The Kier molecular flexibility index (Phi) is 2.92. The number of hydrogen-bond acceptors (Lipinski definition) is 1. The topological polar surface area (TPSA) is 20.2 Å². The van der Waals surface area contributed by atoms with Crippen LogP contribution >= 0.6 is 11.6 Å². The molecule has 60 valence electrons. The molecule has 1 aromatic rings. The van der Waals surface area contributed by atoms with Crippen molar-refractivity contribution in [3.63, 3.8) is 0 Å². The molecule has 1 aromatic carbocycles. The van der Waals surface area contributed by atoms with Crippen LogP contribution in [-0.2, 0) is 6.42 Å². The maximum Gasteiger partial charge on any atom is 0.0552 e. The Morgan fingerprint density at radius 1 is 1.45 bits per heavy atom. The fourth-order valence-electron chi connectivity index (χ4n) is 0.982. The van der Waals surface area contributed by atoms with E-state index in [2.05, 4.69) is 0 Å². The summed E-state index contributed by atoms with van der Waals surface area (Å²) >= 11 is 5.86. The Bertz CT molecular complexity index is 233. The van der Waals surface area contributed by atoms with Crippen LogP contribution in [0, 0.1) is 0 Å². The van der Waals surface area contributed by atoms with Crippen LogP contribution in [0.25, 0.3) is 0 Å². The van der Waals surface area contributed by atoms with Gasteiger partial charge < -0.3 is 5.11 Å². The van der Waals surface area contributed by atoms with Crippen LogP contribution < -0.4 is 0 Å². The van der Waals surface area contributed by atoms with Gasteiger partial charge in [-0.2, -0.15) is 0 Å². The molecule has 2 heteroatoms. The number of rotatable bonds is 2. The predicted octanol–water partition coefficient (Wildman–Crippen LogP) is 2.26. The Labute approximate surface area is 71.6 Å². The second-order valence-corrected chi connectivity index (χ2v) is 3.05. The summed E-state index contributed by atoms with van der Waals surface area (Å²) in [5.74, 6) is 0. The fraction of sp³-hybridized carbons (Fsp3) is 0.333. The zero-order valence-electron chi connectivity index (χ0n) is 6.42. The average Bonchev–Trinajstić information content (AvgIpc) is 1.93. The Balaban J connectivity index is 2.78. The lowest BCUT2D eigenvalue weighted by atomic mass is 10.1. The minimum absolute atomic E-state index is 0.324. The van der Waals surface area contributed by atoms with E-state index in [1.54, 1.807) is 6.92 Å². The normalized spacial score (nSPS) is 13.0. The van der Waals surface area contributed by atoms with Gasteiger partial charge in [-0.05, 0) is 25.0 Å². The summed E-state index contributed by atoms with van der Waals surface area (Å²) in [6, 6.07) is 7.56. The van der Waals surface area contributed by atoms with Crippen LogP contribution in [0.2, 0.25) is 5.02 Å². The van der Waals surface area contributed by atoms with E-state index in [1.807, 2.05) is 24.3 Å². The highest BCUT2D eigenvalue weighted by Gasteiger charge is 2.01. The molecule has 1 rings (SSSR count). The largest absolute Gasteiger partial charge is 0.393 e. The third-order valence-corrected chi connectivity index (χ3v) is 1.84. The molecule has 0 aromatic heterocycles. The van der Waals surface area contributed by atoms with E-state index in [0.717, 1.165) is 10.6 Å². The molecular formula is C9H11ClO. The van der Waals surface area contributed by atoms with Crippen LogP contribution in [0.15, 0.2) is 24.3 Å². The minimum Gasteiger partial charge on any atom is -0.393 e. The molecule has 0 unspecified atom stereocenters. The van der Waals surface area contributed by atoms with Crippen molar-refractivity contribution >= 4 is 11.6 Å². The molecule has 0 saturated carbocycles. The van der Waals surface area contributed by atoms with Gasteiger partial charge in [-0.25, -0.2) is 0 Å². The molecule has 0 spiro atoms. The van der Waals surface area contributed by atoms with Crippen LogP contribution in [0.4, 0.5) is 0 Å². The summed E-state index contributed by atoms with van der Waals surface area (Å²) in [4.78, 5) is 0. The van der Waals surface area contributed by atoms with E-state index >= 15 is 0 Å². The first-order valence-corrected chi connectivity index (χ1v) is 3.99. The Morgan fingerprint density at radius 3 is 2.64 bits per heavy atom. The minimum atomic E-state index is -0.324. The van der Waals surface area contributed by atoms with E-state index in [1.165, 1.54) is 0 Å². The van der Waals surface area contributed by atoms with E-state index in [9.17, 15) is 0 Å². The third-order valence-electron chi connectivity index (χ3n) is 1.47. The number of aliphatic hydroxyl groups is 1. The molecule has 0 bridgehead atoms. The van der Waals surface area contributed by atoms with Crippen molar-refractivity contribution in [1.82, 2.24) is 0 Å². The van der Waals surface area contributed by atoms with Crippen LogP contribution in [0.5, 0.6) is 0 Å². The van der Waals surface area contributed by atoms with Gasteiger partial charge in [0.1, 0.15) is 0 Å². The maximum atomic E-state index is 9.07. The van der Waals surface area contributed by atoms with Crippen molar-refractivity contribution in [1.29, 1.82) is 0 Å². The molecule has 0 aliphatic heterocycles. The van der Waals surface area contributed by atoms with Crippen LogP contribution in [-0.4, -0.2) is 11.2 Å². The Hall–Kier alpha value is -0.530. The molecule has 0 aliphatic rings. The highest BCUT2D eigenvalue weighted by Crippen LogP contribution is 2.16. The third kappa shape index (κ3) is 2.52. The van der Waals surface area contributed by atoms with Crippen molar-refractivity contribution in [2.75, 3.05) is 0 Å². The number of benzene rings is 1. The smallest absolute Gasteiger partial charge is 0.0552 e. The van der Waals surface area contributed by atoms with Crippen molar-refractivity contribution in [3.05, 3.63) is 34.9 Å². The Morgan fingerprint density at radius 2 is 2.09 bits per heavy atom. The van der Waals surface area contributed by atoms with Gasteiger partial charge in [0.2, 0.25) is 0 Å². The predicted molar refractivity (Wildman–Crippen MR) is 46.8 cm³/mol. The lowest BCUT2D eigenvalue weighted by Gasteiger charge is -2.05. The average molecular weight is 171 g/mol. The van der Waals surface area contributed by atoms with Gasteiger partial charge >= 0.3 is 0 Å². The second-order valence-electron chi connectivity index (χ2n) is 2.64. The van der Waals surface area contributed by atoms with Gasteiger partial charge in [0.25, 0.3) is 0 Å². The zero-order valence-corrected chi connectivity index (χ0v) is 7.17. The van der Waals surface area contributed by atoms with Crippen molar-refractivity contribution in [2.45, 2.75) is 19.4 Å².